The minimum Gasteiger partial charge on any atom is -0.496 e. The second kappa shape index (κ2) is 12.0. The molecule has 0 saturated carbocycles. The number of alkyl halides is 3. The molecule has 218 valence electrons. The van der Waals surface area contributed by atoms with Crippen LogP contribution in [0.4, 0.5) is 13.2 Å². The lowest BCUT2D eigenvalue weighted by molar-refractivity contribution is -0.139. The van der Waals surface area contributed by atoms with E-state index in [-0.39, 0.29) is 47.4 Å². The zero-order valence-electron chi connectivity index (χ0n) is 23.2. The number of rotatable bonds is 11. The van der Waals surface area contributed by atoms with E-state index >= 15 is 0 Å². The molecule has 0 fully saturated rings. The number of carbonyl (C=O) groups is 1. The zero-order chi connectivity index (χ0) is 29.9. The molecule has 13 heteroatoms. The average Bonchev–Trinajstić information content (AvgIpc) is 3.23. The summed E-state index contributed by atoms with van der Waals surface area (Å²) in [6.45, 7) is 6.77. The van der Waals surface area contributed by atoms with Crippen LogP contribution in [0.15, 0.2) is 41.4 Å². The lowest BCUT2D eigenvalue weighted by atomic mass is 9.93. The lowest BCUT2D eigenvalue weighted by Crippen LogP contribution is -2.29. The maximum Gasteiger partial charge on any atom is 0.420 e. The number of aromatic nitrogens is 3. The molecule has 0 aliphatic rings. The number of imidazole rings is 1. The monoisotopic (exact) mass is 582 g/mol. The summed E-state index contributed by atoms with van der Waals surface area (Å²) in [7, 11) is -0.728. The van der Waals surface area contributed by atoms with Crippen molar-refractivity contribution in [2.24, 2.45) is 0 Å². The highest BCUT2D eigenvalue weighted by molar-refractivity contribution is 7.91. The van der Waals surface area contributed by atoms with Crippen LogP contribution in [-0.4, -0.2) is 55.4 Å². The first-order valence-electron chi connectivity index (χ1n) is 12.4. The van der Waals surface area contributed by atoms with E-state index in [0.717, 1.165) is 0 Å². The highest BCUT2D eigenvalue weighted by atomic mass is 32.2. The number of ether oxygens (including phenoxy) is 2. The normalized spacial score (nSPS) is 12.4. The van der Waals surface area contributed by atoms with E-state index in [1.54, 1.807) is 11.5 Å². The number of nitrogens with zero attached hydrogens (tertiary/aromatic N) is 3. The SMILES string of the molecule is CCS(=O)(=O)c1ccc(CNC(=O)c2nc(C(C)(C)COC)n(Cc3cccc(OC)c3C(F)(F)F)c2C)nc1. The van der Waals surface area contributed by atoms with Crippen molar-refractivity contribution >= 4 is 15.7 Å². The Kier molecular flexibility index (Phi) is 9.30. The Hall–Kier alpha value is -3.45. The van der Waals surface area contributed by atoms with Crippen molar-refractivity contribution in [1.29, 1.82) is 0 Å². The molecule has 0 bridgehead atoms. The van der Waals surface area contributed by atoms with Gasteiger partial charge in [-0.2, -0.15) is 13.2 Å². The Morgan fingerprint density at radius 2 is 1.82 bits per heavy atom. The molecular weight excluding hydrogens is 549 g/mol. The van der Waals surface area contributed by atoms with Crippen molar-refractivity contribution in [3.05, 3.63) is 70.6 Å². The van der Waals surface area contributed by atoms with Crippen LogP contribution in [0.3, 0.4) is 0 Å². The Labute approximate surface area is 231 Å². The van der Waals surface area contributed by atoms with Gasteiger partial charge in [-0.3, -0.25) is 9.78 Å². The van der Waals surface area contributed by atoms with Crippen molar-refractivity contribution in [3.63, 3.8) is 0 Å². The van der Waals surface area contributed by atoms with Gasteiger partial charge < -0.3 is 19.4 Å². The number of hydrogen-bond donors (Lipinski definition) is 1. The van der Waals surface area contributed by atoms with Crippen molar-refractivity contribution < 1.29 is 35.9 Å². The Bertz CT molecular complexity index is 1470. The van der Waals surface area contributed by atoms with Gasteiger partial charge in [0.25, 0.3) is 5.91 Å². The molecule has 1 N–H and O–H groups in total. The predicted molar refractivity (Wildman–Crippen MR) is 142 cm³/mol. The molecule has 0 radical (unpaired) electrons. The highest BCUT2D eigenvalue weighted by Crippen LogP contribution is 2.39. The van der Waals surface area contributed by atoms with Gasteiger partial charge in [0.05, 0.1) is 36.6 Å². The molecular formula is C27H33F3N4O5S. The van der Waals surface area contributed by atoms with E-state index in [4.69, 9.17) is 9.47 Å². The largest absolute Gasteiger partial charge is 0.496 e. The summed E-state index contributed by atoms with van der Waals surface area (Å²) in [5, 5.41) is 2.71. The summed E-state index contributed by atoms with van der Waals surface area (Å²) in [6.07, 6.45) is -3.43. The van der Waals surface area contributed by atoms with Crippen LogP contribution in [0.25, 0.3) is 0 Å². The number of halogens is 3. The number of pyridine rings is 1. The molecule has 2 heterocycles. The smallest absolute Gasteiger partial charge is 0.420 e. The first-order chi connectivity index (χ1) is 18.7. The minimum absolute atomic E-state index is 0.0114. The molecule has 0 atom stereocenters. The van der Waals surface area contributed by atoms with Crippen LogP contribution >= 0.6 is 0 Å². The van der Waals surface area contributed by atoms with Gasteiger partial charge >= 0.3 is 6.18 Å². The third-order valence-corrected chi connectivity index (χ3v) is 8.18. The summed E-state index contributed by atoms with van der Waals surface area (Å²) < 4.78 is 78.0. The minimum atomic E-state index is -4.67. The maximum atomic E-state index is 14.0. The number of benzene rings is 1. The van der Waals surface area contributed by atoms with E-state index in [1.165, 1.54) is 57.7 Å². The van der Waals surface area contributed by atoms with E-state index in [1.807, 2.05) is 13.8 Å². The fourth-order valence-electron chi connectivity index (χ4n) is 4.38. The van der Waals surface area contributed by atoms with E-state index < -0.39 is 32.9 Å². The standard InChI is InChI=1S/C27H33F3N4O5S/c1-7-40(36,37)20-12-11-19(31-14-20)13-32-24(35)23-17(2)34(25(33-23)26(3,4)16-38-5)15-18-9-8-10-21(39-6)22(18)27(28,29)30/h8-12,14H,7,13,15-16H2,1-6H3,(H,32,35). The first kappa shape index (κ1) is 31.1. The second-order valence-electron chi connectivity index (χ2n) is 9.84. The number of carbonyl (C=O) groups excluding carboxylic acids is 1. The van der Waals surface area contributed by atoms with Crippen molar-refractivity contribution in [2.45, 2.75) is 57.3 Å². The number of sulfone groups is 1. The molecule has 1 amide bonds. The Balaban J connectivity index is 1.98. The lowest BCUT2D eigenvalue weighted by Gasteiger charge is -2.25. The molecule has 40 heavy (non-hydrogen) atoms. The second-order valence-corrected chi connectivity index (χ2v) is 12.1. The van der Waals surface area contributed by atoms with E-state index in [9.17, 15) is 26.4 Å². The molecule has 0 aliphatic carbocycles. The van der Waals surface area contributed by atoms with Gasteiger partial charge in [-0.1, -0.05) is 32.9 Å². The number of amides is 1. The quantitative estimate of drug-likeness (QED) is 0.359. The molecule has 0 unspecified atom stereocenters. The molecule has 0 aliphatic heterocycles. The van der Waals surface area contributed by atoms with Crippen LogP contribution in [0.5, 0.6) is 5.75 Å². The Morgan fingerprint density at radius 1 is 1.12 bits per heavy atom. The summed E-state index contributed by atoms with van der Waals surface area (Å²) in [4.78, 5) is 22.0. The zero-order valence-corrected chi connectivity index (χ0v) is 24.0. The maximum absolute atomic E-state index is 14.0. The molecule has 0 spiro atoms. The number of hydrogen-bond acceptors (Lipinski definition) is 7. The first-order valence-corrected chi connectivity index (χ1v) is 14.1. The highest BCUT2D eigenvalue weighted by Gasteiger charge is 2.38. The van der Waals surface area contributed by atoms with Gasteiger partial charge in [0.1, 0.15) is 22.8 Å². The fraction of sp³-hybridized carbons (Fsp3) is 0.444. The molecule has 2 aromatic heterocycles. The number of nitrogens with one attached hydrogen (secondary N) is 1. The summed E-state index contributed by atoms with van der Waals surface area (Å²) >= 11 is 0. The third kappa shape index (κ3) is 6.64. The van der Waals surface area contributed by atoms with Gasteiger partial charge in [0, 0.05) is 31.0 Å². The van der Waals surface area contributed by atoms with Crippen LogP contribution < -0.4 is 10.1 Å². The van der Waals surface area contributed by atoms with Crippen LogP contribution in [0.2, 0.25) is 0 Å². The number of methoxy groups -OCH3 is 2. The van der Waals surface area contributed by atoms with Crippen molar-refractivity contribution in [1.82, 2.24) is 19.9 Å². The van der Waals surface area contributed by atoms with Gasteiger partial charge in [0.2, 0.25) is 0 Å². The fourth-order valence-corrected chi connectivity index (χ4v) is 5.20. The topological polar surface area (TPSA) is 112 Å². The van der Waals surface area contributed by atoms with Gasteiger partial charge in [-0.05, 0) is 30.7 Å². The van der Waals surface area contributed by atoms with Gasteiger partial charge in [-0.25, -0.2) is 13.4 Å². The van der Waals surface area contributed by atoms with E-state index in [0.29, 0.717) is 17.2 Å². The predicted octanol–water partition coefficient (Wildman–Crippen LogP) is 4.31. The van der Waals surface area contributed by atoms with Crippen LogP contribution in [-0.2, 0) is 39.3 Å². The van der Waals surface area contributed by atoms with Crippen molar-refractivity contribution in [2.75, 3.05) is 26.6 Å². The molecule has 0 saturated heterocycles. The van der Waals surface area contributed by atoms with Gasteiger partial charge in [-0.15, -0.1) is 0 Å². The van der Waals surface area contributed by atoms with Crippen LogP contribution in [0, 0.1) is 6.92 Å². The summed E-state index contributed by atoms with van der Waals surface area (Å²) in [5.74, 6) is -0.544. The molecule has 1 aromatic carbocycles. The van der Waals surface area contributed by atoms with Gasteiger partial charge in [0.15, 0.2) is 9.84 Å². The summed E-state index contributed by atoms with van der Waals surface area (Å²) in [6, 6.07) is 7.02. The third-order valence-electron chi connectivity index (χ3n) is 6.46. The van der Waals surface area contributed by atoms with Crippen molar-refractivity contribution in [3.8, 4) is 5.75 Å². The van der Waals surface area contributed by atoms with Crippen LogP contribution in [0.1, 0.15) is 59.6 Å². The molecule has 3 rings (SSSR count). The molecule has 3 aromatic rings. The molecule has 9 nitrogen and oxygen atoms in total. The average molecular weight is 583 g/mol. The summed E-state index contributed by atoms with van der Waals surface area (Å²) in [5.41, 5.74) is -0.860. The Morgan fingerprint density at radius 3 is 2.38 bits per heavy atom. The van der Waals surface area contributed by atoms with E-state index in [2.05, 4.69) is 15.3 Å².